The maximum Gasteiger partial charge on any atom is 0.326 e. The van der Waals surface area contributed by atoms with Crippen molar-refractivity contribution >= 4 is 11.9 Å². The Labute approximate surface area is 125 Å². The maximum atomic E-state index is 12.1. The Hall–Kier alpha value is -2.04. The summed E-state index contributed by atoms with van der Waals surface area (Å²) in [6.45, 7) is 4.28. The summed E-state index contributed by atoms with van der Waals surface area (Å²) in [5.74, 6) is -0.624. The van der Waals surface area contributed by atoms with Crippen LogP contribution in [0.5, 0.6) is 5.75 Å². The van der Waals surface area contributed by atoms with Crippen molar-refractivity contribution in [2.75, 3.05) is 13.7 Å². The highest BCUT2D eigenvalue weighted by Gasteiger charge is 2.22. The van der Waals surface area contributed by atoms with E-state index in [0.29, 0.717) is 12.2 Å². The van der Waals surface area contributed by atoms with Gasteiger partial charge in [-0.15, -0.1) is 0 Å². The minimum atomic E-state index is -1.03. The number of rotatable bonds is 8. The molecule has 5 heteroatoms. The van der Waals surface area contributed by atoms with Gasteiger partial charge >= 0.3 is 5.97 Å². The quantitative estimate of drug-likeness (QED) is 0.748. The summed E-state index contributed by atoms with van der Waals surface area (Å²) in [7, 11) is 1.48. The van der Waals surface area contributed by atoms with Crippen LogP contribution in [0, 0.1) is 0 Å². The second-order valence-electron chi connectivity index (χ2n) is 5.01. The van der Waals surface area contributed by atoms with Gasteiger partial charge in [-0.2, -0.15) is 0 Å². The molecule has 0 radical (unpaired) electrons. The second kappa shape index (κ2) is 8.29. The topological polar surface area (TPSA) is 66.8 Å². The van der Waals surface area contributed by atoms with Gasteiger partial charge in [0.05, 0.1) is 6.61 Å². The van der Waals surface area contributed by atoms with E-state index in [0.717, 1.165) is 25.0 Å². The minimum Gasteiger partial charge on any atom is -0.494 e. The number of ether oxygens (including phenoxy) is 1. The van der Waals surface area contributed by atoms with Crippen molar-refractivity contribution in [2.24, 2.45) is 0 Å². The van der Waals surface area contributed by atoms with Crippen molar-refractivity contribution in [3.8, 4) is 5.75 Å². The van der Waals surface area contributed by atoms with Crippen molar-refractivity contribution in [2.45, 2.75) is 39.2 Å². The van der Waals surface area contributed by atoms with E-state index >= 15 is 0 Å². The number of hydrogen-bond donors (Lipinski definition) is 1. The third-order valence-corrected chi connectivity index (χ3v) is 3.38. The Morgan fingerprint density at radius 2 is 1.86 bits per heavy atom. The fourth-order valence-electron chi connectivity index (χ4n) is 1.78. The molecule has 1 rings (SSSR count). The summed E-state index contributed by atoms with van der Waals surface area (Å²) in [6.07, 6.45) is 3.29. The summed E-state index contributed by atoms with van der Waals surface area (Å²) in [6, 6.07) is 5.92. The third-order valence-electron chi connectivity index (χ3n) is 3.38. The number of aliphatic carboxylic acids is 1. The number of hydrogen-bond acceptors (Lipinski definition) is 3. The van der Waals surface area contributed by atoms with Gasteiger partial charge < -0.3 is 14.7 Å². The van der Waals surface area contributed by atoms with Gasteiger partial charge in [-0.05, 0) is 37.6 Å². The number of amides is 1. The summed E-state index contributed by atoms with van der Waals surface area (Å²) in [5.41, 5.74) is 0.450. The zero-order valence-corrected chi connectivity index (χ0v) is 12.8. The highest BCUT2D eigenvalue weighted by atomic mass is 16.5. The molecule has 0 aliphatic carbocycles. The SMILES string of the molecule is CCCCCOc1ccc(C(=O)N(C)C(C)C(=O)O)cc1. The van der Waals surface area contributed by atoms with E-state index in [1.54, 1.807) is 24.3 Å². The van der Waals surface area contributed by atoms with Gasteiger partial charge in [0.25, 0.3) is 5.91 Å². The van der Waals surface area contributed by atoms with Crippen LogP contribution >= 0.6 is 0 Å². The lowest BCUT2D eigenvalue weighted by Crippen LogP contribution is -2.40. The van der Waals surface area contributed by atoms with Gasteiger partial charge in [-0.3, -0.25) is 4.79 Å². The van der Waals surface area contributed by atoms with Crippen LogP contribution in [0.4, 0.5) is 0 Å². The highest BCUT2D eigenvalue weighted by Crippen LogP contribution is 2.15. The average molecular weight is 293 g/mol. The lowest BCUT2D eigenvalue weighted by atomic mass is 10.1. The number of nitrogens with zero attached hydrogens (tertiary/aromatic N) is 1. The van der Waals surface area contributed by atoms with E-state index < -0.39 is 12.0 Å². The normalized spacial score (nSPS) is 11.8. The van der Waals surface area contributed by atoms with Crippen molar-refractivity contribution in [1.29, 1.82) is 0 Å². The molecule has 0 aliphatic heterocycles. The van der Waals surface area contributed by atoms with Crippen LogP contribution in [0.1, 0.15) is 43.5 Å². The summed E-state index contributed by atoms with van der Waals surface area (Å²) in [5, 5.41) is 8.92. The molecule has 0 fully saturated rings. The van der Waals surface area contributed by atoms with Crippen molar-refractivity contribution in [3.05, 3.63) is 29.8 Å². The Morgan fingerprint density at radius 3 is 2.38 bits per heavy atom. The summed E-state index contributed by atoms with van der Waals surface area (Å²) in [4.78, 5) is 24.2. The average Bonchev–Trinajstić information content (AvgIpc) is 2.50. The monoisotopic (exact) mass is 293 g/mol. The van der Waals surface area contributed by atoms with Crippen LogP contribution in [0.2, 0.25) is 0 Å². The Balaban J connectivity index is 2.60. The van der Waals surface area contributed by atoms with Crippen LogP contribution in [0.15, 0.2) is 24.3 Å². The molecule has 5 nitrogen and oxygen atoms in total. The van der Waals surface area contributed by atoms with Crippen molar-refractivity contribution in [3.63, 3.8) is 0 Å². The van der Waals surface area contributed by atoms with Crippen LogP contribution in [0.25, 0.3) is 0 Å². The molecule has 21 heavy (non-hydrogen) atoms. The molecule has 1 unspecified atom stereocenters. The molecular weight excluding hydrogens is 270 g/mol. The van der Waals surface area contributed by atoms with Crippen LogP contribution in [-0.2, 0) is 4.79 Å². The lowest BCUT2D eigenvalue weighted by molar-refractivity contribution is -0.141. The van der Waals surface area contributed by atoms with Gasteiger partial charge in [0, 0.05) is 12.6 Å². The Bertz CT molecular complexity index is 470. The number of carbonyl (C=O) groups is 2. The smallest absolute Gasteiger partial charge is 0.326 e. The zero-order chi connectivity index (χ0) is 15.8. The minimum absolute atomic E-state index is 0.317. The van der Waals surface area contributed by atoms with Crippen molar-refractivity contribution in [1.82, 2.24) is 4.90 Å². The first-order valence-corrected chi connectivity index (χ1v) is 7.20. The predicted octanol–water partition coefficient (Wildman–Crippen LogP) is 2.80. The molecule has 1 N–H and O–H groups in total. The maximum absolute atomic E-state index is 12.1. The molecule has 0 saturated heterocycles. The van der Waals surface area contributed by atoms with E-state index in [9.17, 15) is 9.59 Å². The van der Waals surface area contributed by atoms with E-state index in [4.69, 9.17) is 9.84 Å². The predicted molar refractivity (Wildman–Crippen MR) is 80.7 cm³/mol. The number of carboxylic acids is 1. The molecule has 0 saturated carbocycles. The van der Waals surface area contributed by atoms with E-state index in [2.05, 4.69) is 6.92 Å². The number of likely N-dealkylation sites (N-methyl/N-ethyl adjacent to an activating group) is 1. The number of carbonyl (C=O) groups excluding carboxylic acids is 1. The van der Waals surface area contributed by atoms with Crippen LogP contribution < -0.4 is 4.74 Å². The van der Waals surface area contributed by atoms with Crippen molar-refractivity contribution < 1.29 is 19.4 Å². The second-order valence-corrected chi connectivity index (χ2v) is 5.01. The van der Waals surface area contributed by atoms with Gasteiger partial charge in [0.1, 0.15) is 11.8 Å². The van der Waals surface area contributed by atoms with Gasteiger partial charge in [0.2, 0.25) is 0 Å². The van der Waals surface area contributed by atoms with Gasteiger partial charge in [0.15, 0.2) is 0 Å². The molecule has 0 aromatic heterocycles. The molecule has 1 amide bonds. The number of carboxylic acid groups (broad SMARTS) is 1. The molecule has 0 aliphatic rings. The standard InChI is InChI=1S/C16H23NO4/c1-4-5-6-11-21-14-9-7-13(8-10-14)15(18)17(3)12(2)16(19)20/h7-10,12H,4-6,11H2,1-3H3,(H,19,20). The van der Waals surface area contributed by atoms with Gasteiger partial charge in [-0.1, -0.05) is 19.8 Å². The van der Waals surface area contributed by atoms with E-state index in [1.165, 1.54) is 18.9 Å². The lowest BCUT2D eigenvalue weighted by Gasteiger charge is -2.21. The Morgan fingerprint density at radius 1 is 1.24 bits per heavy atom. The molecular formula is C16H23NO4. The molecule has 1 atom stereocenters. The molecule has 0 bridgehead atoms. The van der Waals surface area contributed by atoms with E-state index in [-0.39, 0.29) is 5.91 Å². The third kappa shape index (κ3) is 5.10. The molecule has 116 valence electrons. The molecule has 1 aromatic carbocycles. The number of benzene rings is 1. The fraction of sp³-hybridized carbons (Fsp3) is 0.500. The first kappa shape index (κ1) is 17.0. The molecule has 0 heterocycles. The first-order chi connectivity index (χ1) is 9.97. The first-order valence-electron chi connectivity index (χ1n) is 7.20. The summed E-state index contributed by atoms with van der Waals surface area (Å²) >= 11 is 0. The summed E-state index contributed by atoms with van der Waals surface area (Å²) < 4.78 is 5.57. The van der Waals surface area contributed by atoms with E-state index in [1.807, 2.05) is 0 Å². The molecule has 0 spiro atoms. The molecule has 1 aromatic rings. The number of unbranched alkanes of at least 4 members (excludes halogenated alkanes) is 2. The van der Waals surface area contributed by atoms with Gasteiger partial charge in [-0.25, -0.2) is 4.79 Å². The zero-order valence-electron chi connectivity index (χ0n) is 12.8. The highest BCUT2D eigenvalue weighted by molar-refractivity contribution is 5.96. The fourth-order valence-corrected chi connectivity index (χ4v) is 1.78. The van der Waals surface area contributed by atoms with Crippen LogP contribution in [0.3, 0.4) is 0 Å². The Kier molecular flexibility index (Phi) is 6.72. The van der Waals surface area contributed by atoms with Crippen LogP contribution in [-0.4, -0.2) is 41.6 Å². The largest absolute Gasteiger partial charge is 0.494 e.